The largest absolute Gasteiger partial charge is 0.352 e. The minimum Gasteiger partial charge on any atom is -0.352 e. The molecule has 140 valence electrons. The van der Waals surface area contributed by atoms with Crippen molar-refractivity contribution in [2.24, 2.45) is 4.99 Å². The van der Waals surface area contributed by atoms with E-state index in [4.69, 9.17) is 11.6 Å². The summed E-state index contributed by atoms with van der Waals surface area (Å²) in [6, 6.07) is 14.5. The van der Waals surface area contributed by atoms with E-state index >= 15 is 0 Å². The lowest BCUT2D eigenvalue weighted by atomic mass is 10.2. The maximum absolute atomic E-state index is 12.4. The van der Waals surface area contributed by atoms with Crippen LogP contribution >= 0.6 is 11.6 Å². The first-order valence-electron chi connectivity index (χ1n) is 8.04. The normalized spacial score (nSPS) is 12.3. The molecule has 0 aliphatic rings. The summed E-state index contributed by atoms with van der Waals surface area (Å²) in [7, 11) is 1.21. The Kier molecular flexibility index (Phi) is 7.02. The van der Waals surface area contributed by atoms with E-state index in [9.17, 15) is 8.42 Å². The molecule has 2 N–H and O–H groups in total. The Hall–Kier alpha value is -2.09. The maximum atomic E-state index is 12.4. The molecule has 2 aromatic rings. The van der Waals surface area contributed by atoms with Gasteiger partial charge in [-0.15, -0.1) is 0 Å². The van der Waals surface area contributed by atoms with Crippen LogP contribution in [-0.4, -0.2) is 39.8 Å². The molecule has 0 saturated heterocycles. The Morgan fingerprint density at radius 2 is 1.65 bits per heavy atom. The number of hydrogen-bond acceptors (Lipinski definition) is 3. The van der Waals surface area contributed by atoms with E-state index in [1.54, 1.807) is 25.2 Å². The van der Waals surface area contributed by atoms with Gasteiger partial charge in [-0.1, -0.05) is 41.9 Å². The van der Waals surface area contributed by atoms with E-state index in [-0.39, 0.29) is 4.90 Å². The van der Waals surface area contributed by atoms with Crippen LogP contribution in [0.4, 0.5) is 0 Å². The van der Waals surface area contributed by atoms with Crippen molar-refractivity contribution >= 4 is 27.6 Å². The second kappa shape index (κ2) is 9.02. The molecule has 0 spiro atoms. The topological polar surface area (TPSA) is 73.8 Å². The van der Waals surface area contributed by atoms with Gasteiger partial charge in [0.2, 0.25) is 10.0 Å². The molecule has 0 fully saturated rings. The number of hydrogen-bond donors (Lipinski definition) is 2. The molecule has 0 aromatic heterocycles. The minimum absolute atomic E-state index is 0.283. The third-order valence-electron chi connectivity index (χ3n) is 3.77. The predicted octanol–water partition coefficient (Wildman–Crippen LogP) is 2.46. The van der Waals surface area contributed by atoms with E-state index in [0.717, 1.165) is 5.56 Å². The molecule has 0 amide bonds. The van der Waals surface area contributed by atoms with Crippen LogP contribution in [0.25, 0.3) is 0 Å². The Balaban J connectivity index is 2.04. The molecule has 0 heterocycles. The standard InChI is InChI=1S/C18H23ClN4O2S/c1-20-18(21-12-14-8-10-16(19)11-9-14)22-13-15-6-4-5-7-17(15)26(24,25)23(2)3/h4-11H,12-13H2,1-3H3,(H2,20,21,22). The van der Waals surface area contributed by atoms with Crippen LogP contribution in [-0.2, 0) is 23.1 Å². The third kappa shape index (κ3) is 5.20. The number of aliphatic imine (C=N–C) groups is 1. The van der Waals surface area contributed by atoms with Crippen LogP contribution in [0.2, 0.25) is 5.02 Å². The van der Waals surface area contributed by atoms with Gasteiger partial charge in [-0.25, -0.2) is 12.7 Å². The van der Waals surface area contributed by atoms with Gasteiger partial charge in [-0.3, -0.25) is 4.99 Å². The van der Waals surface area contributed by atoms with Gasteiger partial charge < -0.3 is 10.6 Å². The number of guanidine groups is 1. The first-order chi connectivity index (χ1) is 12.3. The first-order valence-corrected chi connectivity index (χ1v) is 9.86. The number of nitrogens with zero attached hydrogens (tertiary/aromatic N) is 2. The van der Waals surface area contributed by atoms with Gasteiger partial charge in [0, 0.05) is 39.3 Å². The molecule has 0 radical (unpaired) electrons. The summed E-state index contributed by atoms with van der Waals surface area (Å²) in [5, 5.41) is 7.03. The van der Waals surface area contributed by atoms with Gasteiger partial charge in [0.1, 0.15) is 0 Å². The molecule has 2 rings (SSSR count). The molecule has 0 aliphatic heterocycles. The van der Waals surface area contributed by atoms with Gasteiger partial charge in [0.15, 0.2) is 5.96 Å². The fourth-order valence-electron chi connectivity index (χ4n) is 2.29. The monoisotopic (exact) mass is 394 g/mol. The van der Waals surface area contributed by atoms with Crippen molar-refractivity contribution in [1.29, 1.82) is 0 Å². The van der Waals surface area contributed by atoms with Gasteiger partial charge in [-0.2, -0.15) is 0 Å². The Morgan fingerprint density at radius 3 is 2.27 bits per heavy atom. The molecule has 2 aromatic carbocycles. The number of sulfonamides is 1. The average molecular weight is 395 g/mol. The van der Waals surface area contributed by atoms with Crippen LogP contribution in [0.5, 0.6) is 0 Å². The van der Waals surface area contributed by atoms with Crippen molar-refractivity contribution in [3.05, 3.63) is 64.7 Å². The fraction of sp³-hybridized carbons (Fsp3) is 0.278. The van der Waals surface area contributed by atoms with Crippen molar-refractivity contribution in [2.75, 3.05) is 21.1 Å². The average Bonchev–Trinajstić information content (AvgIpc) is 2.63. The van der Waals surface area contributed by atoms with E-state index in [1.165, 1.54) is 18.4 Å². The highest BCUT2D eigenvalue weighted by Crippen LogP contribution is 2.18. The molecule has 8 heteroatoms. The Labute approximate surface area is 159 Å². The zero-order chi connectivity index (χ0) is 19.2. The smallest absolute Gasteiger partial charge is 0.242 e. The van der Waals surface area contributed by atoms with E-state index < -0.39 is 10.0 Å². The lowest BCUT2D eigenvalue weighted by molar-refractivity contribution is 0.519. The second-order valence-electron chi connectivity index (χ2n) is 5.80. The molecule has 0 bridgehead atoms. The van der Waals surface area contributed by atoms with Gasteiger partial charge in [0.25, 0.3) is 0 Å². The summed E-state index contributed by atoms with van der Waals surface area (Å²) in [5.74, 6) is 0.581. The molecule has 0 saturated carbocycles. The van der Waals surface area contributed by atoms with Gasteiger partial charge in [0.05, 0.1) is 4.90 Å². The summed E-state index contributed by atoms with van der Waals surface area (Å²) in [6.45, 7) is 0.915. The number of halogens is 1. The maximum Gasteiger partial charge on any atom is 0.242 e. The quantitative estimate of drug-likeness (QED) is 0.583. The predicted molar refractivity (Wildman–Crippen MR) is 106 cm³/mol. The zero-order valence-electron chi connectivity index (χ0n) is 15.0. The molecule has 26 heavy (non-hydrogen) atoms. The summed E-state index contributed by atoms with van der Waals surface area (Å²) < 4.78 is 26.1. The van der Waals surface area contributed by atoms with Crippen LogP contribution < -0.4 is 10.6 Å². The number of nitrogens with one attached hydrogen (secondary N) is 2. The van der Waals surface area contributed by atoms with E-state index in [0.29, 0.717) is 29.6 Å². The fourth-order valence-corrected chi connectivity index (χ4v) is 3.53. The van der Waals surface area contributed by atoms with Crippen molar-refractivity contribution in [1.82, 2.24) is 14.9 Å². The third-order valence-corrected chi connectivity index (χ3v) is 5.94. The lowest BCUT2D eigenvalue weighted by Gasteiger charge is -2.17. The molecule has 6 nitrogen and oxygen atoms in total. The Morgan fingerprint density at radius 1 is 1.04 bits per heavy atom. The van der Waals surface area contributed by atoms with Gasteiger partial charge >= 0.3 is 0 Å². The van der Waals surface area contributed by atoms with E-state index in [1.807, 2.05) is 30.3 Å². The minimum atomic E-state index is -3.50. The summed E-state index contributed by atoms with van der Waals surface area (Å²) in [6.07, 6.45) is 0. The van der Waals surface area contributed by atoms with Crippen molar-refractivity contribution < 1.29 is 8.42 Å². The molecular formula is C18H23ClN4O2S. The first kappa shape index (κ1) is 20.2. The van der Waals surface area contributed by atoms with Crippen LogP contribution in [0.1, 0.15) is 11.1 Å². The zero-order valence-corrected chi connectivity index (χ0v) is 16.6. The van der Waals surface area contributed by atoms with Crippen LogP contribution in [0.3, 0.4) is 0 Å². The molecule has 0 unspecified atom stereocenters. The highest BCUT2D eigenvalue weighted by molar-refractivity contribution is 7.89. The Bertz CT molecular complexity index is 865. The lowest BCUT2D eigenvalue weighted by Crippen LogP contribution is -2.36. The van der Waals surface area contributed by atoms with Crippen molar-refractivity contribution in [2.45, 2.75) is 18.0 Å². The SMILES string of the molecule is CN=C(NCc1ccc(Cl)cc1)NCc1ccccc1S(=O)(=O)N(C)C. The highest BCUT2D eigenvalue weighted by atomic mass is 35.5. The van der Waals surface area contributed by atoms with Crippen molar-refractivity contribution in [3.8, 4) is 0 Å². The van der Waals surface area contributed by atoms with Gasteiger partial charge in [-0.05, 0) is 29.3 Å². The number of rotatable bonds is 6. The highest BCUT2D eigenvalue weighted by Gasteiger charge is 2.20. The summed E-state index contributed by atoms with van der Waals surface area (Å²) in [5.41, 5.74) is 1.74. The molecular weight excluding hydrogens is 372 g/mol. The summed E-state index contributed by atoms with van der Waals surface area (Å²) >= 11 is 5.88. The van der Waals surface area contributed by atoms with E-state index in [2.05, 4.69) is 15.6 Å². The molecule has 0 aliphatic carbocycles. The molecule has 0 atom stereocenters. The summed E-state index contributed by atoms with van der Waals surface area (Å²) in [4.78, 5) is 4.45. The number of benzene rings is 2. The van der Waals surface area contributed by atoms with Crippen molar-refractivity contribution in [3.63, 3.8) is 0 Å². The van der Waals surface area contributed by atoms with Crippen LogP contribution in [0.15, 0.2) is 58.4 Å². The van der Waals surface area contributed by atoms with Crippen LogP contribution in [0, 0.1) is 0 Å². The second-order valence-corrected chi connectivity index (χ2v) is 8.36.